The summed E-state index contributed by atoms with van der Waals surface area (Å²) in [6.07, 6.45) is 28.4. The minimum absolute atomic E-state index is 0.365. The van der Waals surface area contributed by atoms with Crippen molar-refractivity contribution in [3.63, 3.8) is 0 Å². The van der Waals surface area contributed by atoms with Crippen molar-refractivity contribution in [2.24, 2.45) is 23.7 Å². The number of rotatable bonds is 4. The summed E-state index contributed by atoms with van der Waals surface area (Å²) in [6.45, 7) is 0. The van der Waals surface area contributed by atoms with Crippen LogP contribution in [0.25, 0.3) is 22.3 Å². The van der Waals surface area contributed by atoms with Crippen LogP contribution < -0.4 is 0 Å². The fourth-order valence-corrected chi connectivity index (χ4v) is 17.0. The van der Waals surface area contributed by atoms with Crippen molar-refractivity contribution in [1.82, 2.24) is 9.80 Å². The van der Waals surface area contributed by atoms with Gasteiger partial charge in [0.1, 0.15) is 0 Å². The zero-order valence-electron chi connectivity index (χ0n) is 35.9. The molecule has 10 fully saturated rings. The van der Waals surface area contributed by atoms with Gasteiger partial charge in [0.05, 0.1) is 36.0 Å². The molecule has 5 heteroatoms. The number of ether oxygens (including phenoxy) is 2. The highest BCUT2D eigenvalue weighted by molar-refractivity contribution is 5.76. The largest absolute Gasteiger partial charge is 0.372 e. The van der Waals surface area contributed by atoms with Gasteiger partial charge in [-0.2, -0.15) is 5.26 Å². The van der Waals surface area contributed by atoms with Crippen LogP contribution in [0.1, 0.15) is 157 Å². The van der Waals surface area contributed by atoms with E-state index in [0.29, 0.717) is 60.4 Å². The molecule has 0 spiro atoms. The molecule has 4 aliphatic heterocycles. The van der Waals surface area contributed by atoms with Gasteiger partial charge in [-0.3, -0.25) is 9.80 Å². The first-order chi connectivity index (χ1) is 29.7. The third-order valence-corrected chi connectivity index (χ3v) is 19.1. The Balaban J connectivity index is 0.787. The number of hydrogen-bond donors (Lipinski definition) is 0. The Hall–Kier alpha value is -3.01. The van der Waals surface area contributed by atoms with Crippen LogP contribution in [0.3, 0.4) is 0 Å². The minimum Gasteiger partial charge on any atom is -0.372 e. The van der Waals surface area contributed by atoms with Gasteiger partial charge in [0, 0.05) is 36.3 Å². The Kier molecular flexibility index (Phi) is 9.43. The van der Waals surface area contributed by atoms with Crippen LogP contribution in [0, 0.1) is 35.0 Å². The molecule has 13 rings (SSSR count). The number of nitriles is 1. The molecule has 3 aromatic carbocycles. The summed E-state index contributed by atoms with van der Waals surface area (Å²) in [5, 5.41) is 10.4. The third kappa shape index (κ3) is 6.03. The molecule has 16 atom stereocenters. The van der Waals surface area contributed by atoms with E-state index in [1.54, 1.807) is 0 Å². The van der Waals surface area contributed by atoms with Crippen molar-refractivity contribution in [3.05, 3.63) is 83.4 Å². The second-order valence-corrected chi connectivity index (χ2v) is 21.9. The topological polar surface area (TPSA) is 48.7 Å². The molecule has 0 bridgehead atoms. The zero-order chi connectivity index (χ0) is 39.5. The predicted molar refractivity (Wildman–Crippen MR) is 238 cm³/mol. The molecule has 0 N–H and O–H groups in total. The lowest BCUT2D eigenvalue weighted by atomic mass is 9.67. The van der Waals surface area contributed by atoms with Crippen molar-refractivity contribution < 1.29 is 9.47 Å². The van der Waals surface area contributed by atoms with E-state index in [-0.39, 0.29) is 0 Å². The summed E-state index contributed by atoms with van der Waals surface area (Å²) in [4.78, 5) is 6.19. The molecule has 10 aliphatic rings. The molecule has 0 amide bonds. The lowest BCUT2D eigenvalue weighted by Crippen LogP contribution is -2.63. The molecule has 4 heterocycles. The summed E-state index contributed by atoms with van der Waals surface area (Å²) in [6, 6.07) is 32.3. The number of nitrogens with zero attached hydrogens (tertiary/aromatic N) is 3. The summed E-state index contributed by atoms with van der Waals surface area (Å²) in [5.74, 6) is 4.26. The van der Waals surface area contributed by atoms with Crippen LogP contribution in [-0.2, 0) is 9.47 Å². The molecular formula is C55H67N3O2. The van der Waals surface area contributed by atoms with Crippen molar-refractivity contribution >= 4 is 0 Å². The van der Waals surface area contributed by atoms with E-state index >= 15 is 0 Å². The van der Waals surface area contributed by atoms with Gasteiger partial charge in [0.2, 0.25) is 0 Å². The fourth-order valence-electron chi connectivity index (χ4n) is 17.0. The summed E-state index contributed by atoms with van der Waals surface area (Å²) in [7, 11) is 0. The Morgan fingerprint density at radius 2 is 0.883 bits per heavy atom. The maximum Gasteiger partial charge on any atom is 0.0992 e. The molecule has 3 aromatic rings. The average molecular weight is 802 g/mol. The van der Waals surface area contributed by atoms with Crippen LogP contribution in [0.15, 0.2) is 66.7 Å². The molecule has 60 heavy (non-hydrogen) atoms. The zero-order valence-corrected chi connectivity index (χ0v) is 35.9. The van der Waals surface area contributed by atoms with Gasteiger partial charge >= 0.3 is 0 Å². The van der Waals surface area contributed by atoms with Crippen LogP contribution in [0.2, 0.25) is 0 Å². The molecule has 5 nitrogen and oxygen atoms in total. The van der Waals surface area contributed by atoms with Gasteiger partial charge in [0.25, 0.3) is 0 Å². The van der Waals surface area contributed by atoms with Crippen LogP contribution in [-0.4, -0.2) is 70.5 Å². The van der Waals surface area contributed by atoms with E-state index < -0.39 is 0 Å². The molecule has 314 valence electrons. The predicted octanol–water partition coefficient (Wildman–Crippen LogP) is 11.8. The van der Waals surface area contributed by atoms with Crippen LogP contribution >= 0.6 is 0 Å². The van der Waals surface area contributed by atoms with Crippen LogP contribution in [0.4, 0.5) is 0 Å². The Morgan fingerprint density at radius 3 is 1.37 bits per heavy atom. The van der Waals surface area contributed by atoms with Crippen LogP contribution in [0.5, 0.6) is 0 Å². The van der Waals surface area contributed by atoms with Gasteiger partial charge in [0.15, 0.2) is 0 Å². The molecule has 0 radical (unpaired) electrons. The van der Waals surface area contributed by atoms with E-state index in [2.05, 4.69) is 82.6 Å². The molecule has 6 saturated carbocycles. The highest BCUT2D eigenvalue weighted by atomic mass is 16.5. The number of hydrogen-bond acceptors (Lipinski definition) is 5. The van der Waals surface area contributed by atoms with E-state index in [9.17, 15) is 5.26 Å². The van der Waals surface area contributed by atoms with Crippen molar-refractivity contribution in [2.45, 2.75) is 201 Å². The molecule has 6 aliphatic carbocycles. The van der Waals surface area contributed by atoms with Crippen molar-refractivity contribution in [1.29, 1.82) is 5.26 Å². The lowest BCUT2D eigenvalue weighted by molar-refractivity contribution is -0.179. The monoisotopic (exact) mass is 802 g/mol. The normalized spacial score (nSPS) is 43.0. The summed E-state index contributed by atoms with van der Waals surface area (Å²) < 4.78 is 14.4. The Labute approximate surface area is 359 Å². The lowest BCUT2D eigenvalue weighted by Gasteiger charge is -2.54. The van der Waals surface area contributed by atoms with Gasteiger partial charge < -0.3 is 9.47 Å². The van der Waals surface area contributed by atoms with E-state index in [0.717, 1.165) is 65.3 Å². The Morgan fingerprint density at radius 1 is 0.433 bits per heavy atom. The first kappa shape index (κ1) is 37.5. The average Bonchev–Trinajstić information content (AvgIpc) is 3.83. The highest BCUT2D eigenvalue weighted by Gasteiger charge is 2.62. The second-order valence-electron chi connectivity index (χ2n) is 21.9. The maximum absolute atomic E-state index is 10.4. The quantitative estimate of drug-likeness (QED) is 0.263. The van der Waals surface area contributed by atoms with Crippen molar-refractivity contribution in [3.8, 4) is 28.3 Å². The summed E-state index contributed by atoms with van der Waals surface area (Å²) in [5.41, 5.74) is 8.51. The summed E-state index contributed by atoms with van der Waals surface area (Å²) >= 11 is 0. The van der Waals surface area contributed by atoms with Crippen molar-refractivity contribution in [2.75, 3.05) is 0 Å². The van der Waals surface area contributed by atoms with Gasteiger partial charge in [-0.15, -0.1) is 0 Å². The fraction of sp³-hybridized carbons (Fsp3) is 0.655. The minimum atomic E-state index is 0.365. The highest BCUT2D eigenvalue weighted by Crippen LogP contribution is 2.59. The molecular weight excluding hydrogens is 735 g/mol. The number of morpholine rings is 2. The van der Waals surface area contributed by atoms with E-state index in [1.807, 2.05) is 0 Å². The molecule has 0 aromatic heterocycles. The van der Waals surface area contributed by atoms with E-state index in [1.165, 1.54) is 138 Å². The molecule has 4 saturated heterocycles. The first-order valence-corrected chi connectivity index (χ1v) is 25.3. The number of fused-ring (bicyclic) bond motifs is 10. The maximum atomic E-state index is 10.4. The van der Waals surface area contributed by atoms with Gasteiger partial charge in [-0.05, 0) is 164 Å². The standard InChI is InChI=1S/C55H67N3O2/c56-32-33-23-38(34-11-9-13-36(25-34)40-28-44-42-15-1-3-17-46(42)57-48-19-5-7-21-50(48)59-52(30-40)54(44)57)27-39(24-33)35-12-10-14-37(26-35)41-29-45-43-16-2-4-18-47(43)58-49-20-6-8-22-51(49)60-53(31-41)55(45)58/h9-14,23-27,40-55H,1-8,15-22,28-31H2. The first-order valence-electron chi connectivity index (χ1n) is 25.3. The second kappa shape index (κ2) is 15.1. The smallest absolute Gasteiger partial charge is 0.0992 e. The Bertz CT molecular complexity index is 2000. The SMILES string of the molecule is N#Cc1cc(-c2cccc(C3CC4OC5CCCCC5N5C6CCCCC6C(C3)C45)c2)cc(-c2cccc(C3CC4OC5CCCCC5N5C6CCCCC6C(C3)C45)c2)c1. The third-order valence-electron chi connectivity index (χ3n) is 19.1. The molecule has 16 unspecified atom stereocenters. The van der Waals surface area contributed by atoms with Gasteiger partial charge in [-0.1, -0.05) is 99.9 Å². The van der Waals surface area contributed by atoms with Gasteiger partial charge in [-0.25, -0.2) is 0 Å². The number of benzene rings is 3. The van der Waals surface area contributed by atoms with E-state index in [4.69, 9.17) is 9.47 Å².